The van der Waals surface area contributed by atoms with Gasteiger partial charge in [-0.2, -0.15) is 0 Å². The maximum Gasteiger partial charge on any atom is 0.397 e. The summed E-state index contributed by atoms with van der Waals surface area (Å²) in [5, 5.41) is 0. The Morgan fingerprint density at radius 2 is 1.53 bits per heavy atom. The zero-order valence-corrected chi connectivity index (χ0v) is 10.3. The molecule has 0 aliphatic rings. The average Bonchev–Trinajstić information content (AvgIpc) is 2.22. The predicted octanol–water partition coefficient (Wildman–Crippen LogP) is 3.67. The molecule has 0 bridgehead atoms. The zero-order chi connectivity index (χ0) is 11.1. The summed E-state index contributed by atoms with van der Waals surface area (Å²) < 4.78 is 16.2. The minimum absolute atomic E-state index is 0.595. The second-order valence-electron chi connectivity index (χ2n) is 2.96. The molecule has 0 spiro atoms. The van der Waals surface area contributed by atoms with E-state index in [9.17, 15) is 0 Å². The number of rotatable bonds is 6. The first-order valence-corrected chi connectivity index (χ1v) is 6.16. The Labute approximate surface area is 92.4 Å². The van der Waals surface area contributed by atoms with Gasteiger partial charge in [-0.15, -0.1) is 0 Å². The number of aryl methyl sites for hydroxylation is 1. The van der Waals surface area contributed by atoms with E-state index in [1.54, 1.807) is 0 Å². The quantitative estimate of drug-likeness (QED) is 0.695. The molecule has 3 nitrogen and oxygen atoms in total. The molecule has 0 N–H and O–H groups in total. The van der Waals surface area contributed by atoms with E-state index in [0.717, 1.165) is 5.75 Å². The Bertz CT molecular complexity index is 268. The molecule has 84 valence electrons. The summed E-state index contributed by atoms with van der Waals surface area (Å²) in [4.78, 5) is 0. The highest BCUT2D eigenvalue weighted by molar-refractivity contribution is 7.42. The van der Waals surface area contributed by atoms with Crippen LogP contribution in [0.3, 0.4) is 0 Å². The van der Waals surface area contributed by atoms with Crippen molar-refractivity contribution >= 4 is 8.60 Å². The SMILES string of the molecule is CCOP(OCC)Oc1ccc(C)cc1. The van der Waals surface area contributed by atoms with Crippen LogP contribution in [0.5, 0.6) is 5.75 Å². The van der Waals surface area contributed by atoms with Crippen molar-refractivity contribution in [2.45, 2.75) is 20.8 Å². The summed E-state index contributed by atoms with van der Waals surface area (Å²) in [6.45, 7) is 7.08. The minimum atomic E-state index is -1.25. The van der Waals surface area contributed by atoms with Gasteiger partial charge in [0.25, 0.3) is 0 Å². The minimum Gasteiger partial charge on any atom is -0.427 e. The average molecular weight is 228 g/mol. The zero-order valence-electron chi connectivity index (χ0n) is 9.40. The van der Waals surface area contributed by atoms with Crippen molar-refractivity contribution < 1.29 is 13.6 Å². The Morgan fingerprint density at radius 3 is 2.00 bits per heavy atom. The Kier molecular flexibility index (Phi) is 5.62. The van der Waals surface area contributed by atoms with Crippen molar-refractivity contribution in [2.75, 3.05) is 13.2 Å². The van der Waals surface area contributed by atoms with Crippen molar-refractivity contribution in [3.63, 3.8) is 0 Å². The lowest BCUT2D eigenvalue weighted by Crippen LogP contribution is -1.97. The van der Waals surface area contributed by atoms with Gasteiger partial charge < -0.3 is 13.6 Å². The first-order valence-electron chi connectivity index (χ1n) is 5.06. The normalized spacial score (nSPS) is 10.7. The van der Waals surface area contributed by atoms with Gasteiger partial charge in [0.1, 0.15) is 5.75 Å². The number of hydrogen-bond acceptors (Lipinski definition) is 3. The molecule has 1 aromatic carbocycles. The van der Waals surface area contributed by atoms with E-state index >= 15 is 0 Å². The Hall–Kier alpha value is -0.630. The van der Waals surface area contributed by atoms with Gasteiger partial charge >= 0.3 is 8.60 Å². The molecule has 0 unspecified atom stereocenters. The lowest BCUT2D eigenvalue weighted by atomic mass is 10.2. The van der Waals surface area contributed by atoms with Gasteiger partial charge in [0.2, 0.25) is 0 Å². The van der Waals surface area contributed by atoms with Crippen molar-refractivity contribution in [1.82, 2.24) is 0 Å². The van der Waals surface area contributed by atoms with Crippen LogP contribution < -0.4 is 4.52 Å². The molecule has 4 heteroatoms. The van der Waals surface area contributed by atoms with Gasteiger partial charge in [0.05, 0.1) is 13.2 Å². The number of benzene rings is 1. The lowest BCUT2D eigenvalue weighted by Gasteiger charge is -2.15. The van der Waals surface area contributed by atoms with E-state index in [0.29, 0.717) is 13.2 Å². The van der Waals surface area contributed by atoms with E-state index < -0.39 is 8.60 Å². The largest absolute Gasteiger partial charge is 0.427 e. The van der Waals surface area contributed by atoms with E-state index in [1.807, 2.05) is 45.0 Å². The molecule has 0 aromatic heterocycles. The molecular formula is C11H17O3P. The second-order valence-corrected chi connectivity index (χ2v) is 4.11. The summed E-state index contributed by atoms with van der Waals surface area (Å²) in [6.07, 6.45) is 0. The van der Waals surface area contributed by atoms with Gasteiger partial charge in [-0.05, 0) is 32.9 Å². The standard InChI is InChI=1S/C11H17O3P/c1-4-12-15(13-5-2)14-11-8-6-10(3)7-9-11/h6-9H,4-5H2,1-3H3. The fourth-order valence-corrected chi connectivity index (χ4v) is 1.88. The van der Waals surface area contributed by atoms with E-state index in [2.05, 4.69) is 0 Å². The van der Waals surface area contributed by atoms with Gasteiger partial charge in [-0.1, -0.05) is 17.7 Å². The molecule has 0 aliphatic carbocycles. The highest BCUT2D eigenvalue weighted by Gasteiger charge is 2.12. The predicted molar refractivity (Wildman–Crippen MR) is 62.0 cm³/mol. The number of hydrogen-bond donors (Lipinski definition) is 0. The third-order valence-corrected chi connectivity index (χ3v) is 2.97. The van der Waals surface area contributed by atoms with Crippen molar-refractivity contribution in [1.29, 1.82) is 0 Å². The molecule has 1 aromatic rings. The van der Waals surface area contributed by atoms with Crippen LogP contribution in [-0.4, -0.2) is 13.2 Å². The second kappa shape index (κ2) is 6.78. The lowest BCUT2D eigenvalue weighted by molar-refractivity contribution is 0.221. The topological polar surface area (TPSA) is 27.7 Å². The molecule has 1 rings (SSSR count). The molecule has 0 heterocycles. The Balaban J connectivity index is 2.53. The molecule has 0 radical (unpaired) electrons. The smallest absolute Gasteiger partial charge is 0.397 e. The molecule has 0 amide bonds. The van der Waals surface area contributed by atoms with Gasteiger partial charge in [0.15, 0.2) is 0 Å². The van der Waals surface area contributed by atoms with Crippen LogP contribution >= 0.6 is 8.60 Å². The Morgan fingerprint density at radius 1 is 1.00 bits per heavy atom. The first kappa shape index (κ1) is 12.4. The monoisotopic (exact) mass is 228 g/mol. The highest BCUT2D eigenvalue weighted by atomic mass is 31.2. The third kappa shape index (κ3) is 4.61. The maximum absolute atomic E-state index is 5.57. The molecule has 0 aliphatic heterocycles. The van der Waals surface area contributed by atoms with E-state index in [-0.39, 0.29) is 0 Å². The van der Waals surface area contributed by atoms with E-state index in [1.165, 1.54) is 5.56 Å². The van der Waals surface area contributed by atoms with Crippen LogP contribution in [0.1, 0.15) is 19.4 Å². The van der Waals surface area contributed by atoms with Crippen LogP contribution in [0.15, 0.2) is 24.3 Å². The summed E-state index contributed by atoms with van der Waals surface area (Å²) in [5.41, 5.74) is 1.21. The molecule has 0 saturated carbocycles. The van der Waals surface area contributed by atoms with Crippen LogP contribution in [0, 0.1) is 6.92 Å². The van der Waals surface area contributed by atoms with Gasteiger partial charge in [0, 0.05) is 0 Å². The molecule has 15 heavy (non-hydrogen) atoms. The summed E-state index contributed by atoms with van der Waals surface area (Å²) in [6, 6.07) is 7.84. The van der Waals surface area contributed by atoms with Crippen molar-refractivity contribution in [2.24, 2.45) is 0 Å². The molecular weight excluding hydrogens is 211 g/mol. The molecule has 0 saturated heterocycles. The van der Waals surface area contributed by atoms with Gasteiger partial charge in [-0.3, -0.25) is 0 Å². The molecule has 0 fully saturated rings. The summed E-state index contributed by atoms with van der Waals surface area (Å²) >= 11 is 0. The van der Waals surface area contributed by atoms with Gasteiger partial charge in [-0.25, -0.2) is 0 Å². The van der Waals surface area contributed by atoms with Crippen molar-refractivity contribution in [3.8, 4) is 5.75 Å². The van der Waals surface area contributed by atoms with Crippen LogP contribution in [-0.2, 0) is 9.05 Å². The third-order valence-electron chi connectivity index (χ3n) is 1.67. The van der Waals surface area contributed by atoms with E-state index in [4.69, 9.17) is 13.6 Å². The van der Waals surface area contributed by atoms with Crippen LogP contribution in [0.25, 0.3) is 0 Å². The highest BCUT2D eigenvalue weighted by Crippen LogP contribution is 2.40. The maximum atomic E-state index is 5.57. The van der Waals surface area contributed by atoms with Crippen LogP contribution in [0.2, 0.25) is 0 Å². The molecule has 0 atom stereocenters. The van der Waals surface area contributed by atoms with Crippen LogP contribution in [0.4, 0.5) is 0 Å². The fourth-order valence-electron chi connectivity index (χ4n) is 0.986. The van der Waals surface area contributed by atoms with Crippen molar-refractivity contribution in [3.05, 3.63) is 29.8 Å². The fraction of sp³-hybridized carbons (Fsp3) is 0.455. The summed E-state index contributed by atoms with van der Waals surface area (Å²) in [7, 11) is -1.25. The summed E-state index contributed by atoms with van der Waals surface area (Å²) in [5.74, 6) is 0.786. The first-order chi connectivity index (χ1) is 7.26.